The Hall–Kier alpha value is -3.01. The Bertz CT molecular complexity index is 822. The Balaban J connectivity index is 1.73. The monoisotopic (exact) mass is 366 g/mol. The number of rotatable bonds is 5. The molecule has 2 aliphatic rings. The lowest BCUT2D eigenvalue weighted by Gasteiger charge is -2.14. The number of urea groups is 1. The number of nitro benzene ring substituents is 1. The number of halogens is 1. The lowest BCUT2D eigenvalue weighted by Crippen LogP contribution is -2.39. The van der Waals surface area contributed by atoms with Crippen LogP contribution in [0.1, 0.15) is 12.8 Å². The number of anilines is 1. The van der Waals surface area contributed by atoms with Gasteiger partial charge in [0.05, 0.1) is 4.92 Å². The predicted octanol–water partition coefficient (Wildman–Crippen LogP) is 1.14. The first kappa shape index (κ1) is 16.8. The third-order valence-electron chi connectivity index (χ3n) is 3.73. The van der Waals surface area contributed by atoms with Gasteiger partial charge in [0.25, 0.3) is 5.69 Å². The summed E-state index contributed by atoms with van der Waals surface area (Å²) in [7, 11) is 0. The Kier molecular flexibility index (Phi) is 4.13. The fraction of sp³-hybridized carbons (Fsp3) is 0.286. The van der Waals surface area contributed by atoms with Crippen LogP contribution in [0.3, 0.4) is 0 Å². The molecule has 0 radical (unpaired) electrons. The molecule has 1 heterocycles. The van der Waals surface area contributed by atoms with Crippen molar-refractivity contribution in [2.75, 3.05) is 11.9 Å². The number of hydrogen-bond donors (Lipinski definition) is 1. The van der Waals surface area contributed by atoms with Crippen molar-refractivity contribution >= 4 is 46.7 Å². The molecule has 11 heteroatoms. The average molecular weight is 367 g/mol. The number of hydrogen-bond acceptors (Lipinski definition) is 6. The summed E-state index contributed by atoms with van der Waals surface area (Å²) in [5.74, 6) is -2.90. The molecule has 2 fully saturated rings. The summed E-state index contributed by atoms with van der Waals surface area (Å²) in [6, 6.07) is 2.48. The largest absolute Gasteiger partial charge is 0.334 e. The van der Waals surface area contributed by atoms with E-state index < -0.39 is 40.9 Å². The van der Waals surface area contributed by atoms with Crippen molar-refractivity contribution in [1.29, 1.82) is 0 Å². The van der Waals surface area contributed by atoms with Gasteiger partial charge in [0.1, 0.15) is 12.2 Å². The Morgan fingerprint density at radius 3 is 2.56 bits per heavy atom. The van der Waals surface area contributed by atoms with Gasteiger partial charge in [-0.25, -0.2) is 9.69 Å². The van der Waals surface area contributed by atoms with Gasteiger partial charge in [0.2, 0.25) is 5.91 Å². The summed E-state index contributed by atoms with van der Waals surface area (Å²) in [5, 5.41) is 13.4. The molecule has 130 valence electrons. The summed E-state index contributed by atoms with van der Waals surface area (Å²) >= 11 is 5.68. The zero-order valence-electron chi connectivity index (χ0n) is 12.6. The van der Waals surface area contributed by atoms with E-state index in [-0.39, 0.29) is 16.8 Å². The molecule has 5 amide bonds. The number of nitrogens with one attached hydrogen (secondary N) is 1. The van der Waals surface area contributed by atoms with Crippen molar-refractivity contribution in [3.8, 4) is 0 Å². The second kappa shape index (κ2) is 6.13. The third kappa shape index (κ3) is 3.15. The zero-order valence-corrected chi connectivity index (χ0v) is 13.4. The van der Waals surface area contributed by atoms with Crippen LogP contribution in [0.2, 0.25) is 5.02 Å². The molecule has 1 aromatic carbocycles. The first-order chi connectivity index (χ1) is 11.8. The quantitative estimate of drug-likeness (QED) is 0.360. The van der Waals surface area contributed by atoms with Crippen molar-refractivity contribution in [2.45, 2.75) is 18.9 Å². The van der Waals surface area contributed by atoms with Crippen LogP contribution < -0.4 is 5.32 Å². The molecule has 1 N–H and O–H groups in total. The van der Waals surface area contributed by atoms with Crippen LogP contribution >= 0.6 is 11.6 Å². The van der Waals surface area contributed by atoms with Crippen LogP contribution in [0.5, 0.6) is 0 Å². The van der Waals surface area contributed by atoms with E-state index in [9.17, 15) is 29.3 Å². The van der Waals surface area contributed by atoms with Crippen LogP contribution in [-0.4, -0.2) is 51.1 Å². The molecule has 0 spiro atoms. The first-order valence-corrected chi connectivity index (χ1v) is 7.60. The summed E-state index contributed by atoms with van der Waals surface area (Å²) < 4.78 is 0. The number of imide groups is 2. The van der Waals surface area contributed by atoms with E-state index in [1.54, 1.807) is 0 Å². The topological polar surface area (TPSA) is 130 Å². The van der Waals surface area contributed by atoms with Gasteiger partial charge in [-0.2, -0.15) is 0 Å². The second-order valence-electron chi connectivity index (χ2n) is 5.55. The van der Waals surface area contributed by atoms with E-state index in [1.807, 2.05) is 0 Å². The van der Waals surface area contributed by atoms with Crippen LogP contribution in [0, 0.1) is 10.1 Å². The van der Waals surface area contributed by atoms with Crippen molar-refractivity contribution in [2.24, 2.45) is 0 Å². The van der Waals surface area contributed by atoms with Gasteiger partial charge in [-0.3, -0.25) is 29.4 Å². The zero-order chi connectivity index (χ0) is 18.3. The lowest BCUT2D eigenvalue weighted by atomic mass is 10.2. The summed E-state index contributed by atoms with van der Waals surface area (Å²) in [5.41, 5.74) is -0.570. The Morgan fingerprint density at radius 2 is 1.96 bits per heavy atom. The normalized spacial score (nSPS) is 17.2. The SMILES string of the molecule is O=C(CN1C(=O)C(=O)N(C2CC2)C1=O)Nc1ccc(Cl)cc1[N+](=O)[O-]. The fourth-order valence-corrected chi connectivity index (χ4v) is 2.58. The number of benzene rings is 1. The molecular weight excluding hydrogens is 356 g/mol. The number of nitrogens with zero attached hydrogens (tertiary/aromatic N) is 3. The van der Waals surface area contributed by atoms with Crippen LogP contribution in [0.4, 0.5) is 16.2 Å². The maximum absolute atomic E-state index is 12.1. The molecule has 3 rings (SSSR count). The van der Waals surface area contributed by atoms with E-state index in [1.165, 1.54) is 12.1 Å². The highest BCUT2D eigenvalue weighted by atomic mass is 35.5. The van der Waals surface area contributed by atoms with Gasteiger partial charge in [0, 0.05) is 17.1 Å². The van der Waals surface area contributed by atoms with Crippen LogP contribution in [0.25, 0.3) is 0 Å². The maximum atomic E-state index is 12.1. The molecule has 0 bridgehead atoms. The molecule has 10 nitrogen and oxygen atoms in total. The molecule has 1 saturated carbocycles. The Labute approximate surface area is 145 Å². The van der Waals surface area contributed by atoms with Gasteiger partial charge < -0.3 is 5.32 Å². The Morgan fingerprint density at radius 1 is 1.28 bits per heavy atom. The van der Waals surface area contributed by atoms with E-state index in [4.69, 9.17) is 11.6 Å². The second-order valence-corrected chi connectivity index (χ2v) is 5.98. The van der Waals surface area contributed by atoms with E-state index in [2.05, 4.69) is 5.32 Å². The molecule has 0 aromatic heterocycles. The highest BCUT2D eigenvalue weighted by Crippen LogP contribution is 2.31. The number of amides is 5. The summed E-state index contributed by atoms with van der Waals surface area (Å²) in [6.07, 6.45) is 1.25. The fourth-order valence-electron chi connectivity index (χ4n) is 2.41. The smallest absolute Gasteiger partial charge is 0.319 e. The van der Waals surface area contributed by atoms with E-state index in [0.717, 1.165) is 11.0 Å². The van der Waals surface area contributed by atoms with Crippen molar-refractivity contribution < 1.29 is 24.1 Å². The van der Waals surface area contributed by atoms with Crippen molar-refractivity contribution in [1.82, 2.24) is 9.80 Å². The van der Waals surface area contributed by atoms with Gasteiger partial charge in [-0.1, -0.05) is 11.6 Å². The van der Waals surface area contributed by atoms with Gasteiger partial charge in [-0.05, 0) is 25.0 Å². The number of carbonyl (C=O) groups excluding carboxylic acids is 4. The molecule has 1 aliphatic heterocycles. The molecule has 0 unspecified atom stereocenters. The molecular formula is C14H11ClN4O6. The molecule has 25 heavy (non-hydrogen) atoms. The van der Waals surface area contributed by atoms with Gasteiger partial charge in [-0.15, -0.1) is 0 Å². The molecule has 1 aliphatic carbocycles. The van der Waals surface area contributed by atoms with E-state index >= 15 is 0 Å². The number of carbonyl (C=O) groups is 4. The predicted molar refractivity (Wildman–Crippen MR) is 83.7 cm³/mol. The van der Waals surface area contributed by atoms with Crippen molar-refractivity contribution in [3.63, 3.8) is 0 Å². The minimum atomic E-state index is -1.09. The highest BCUT2D eigenvalue weighted by Gasteiger charge is 2.51. The number of nitro groups is 1. The minimum Gasteiger partial charge on any atom is -0.319 e. The summed E-state index contributed by atoms with van der Waals surface area (Å²) in [4.78, 5) is 59.5. The maximum Gasteiger partial charge on any atom is 0.334 e. The standard InChI is InChI=1S/C14H11ClN4O6/c15-7-1-4-9(10(5-7)19(24)25)16-11(20)6-17-12(21)13(22)18(14(17)23)8-2-3-8/h1,4-5,8H,2-3,6H2,(H,16,20). The first-order valence-electron chi connectivity index (χ1n) is 7.22. The van der Waals surface area contributed by atoms with Crippen molar-refractivity contribution in [3.05, 3.63) is 33.3 Å². The van der Waals surface area contributed by atoms with Gasteiger partial charge in [0.15, 0.2) is 0 Å². The van der Waals surface area contributed by atoms with E-state index in [0.29, 0.717) is 17.7 Å². The third-order valence-corrected chi connectivity index (χ3v) is 3.96. The molecule has 0 atom stereocenters. The molecule has 1 aromatic rings. The lowest BCUT2D eigenvalue weighted by molar-refractivity contribution is -0.383. The minimum absolute atomic E-state index is 0.111. The van der Waals surface area contributed by atoms with Crippen LogP contribution in [0.15, 0.2) is 18.2 Å². The summed E-state index contributed by atoms with van der Waals surface area (Å²) in [6.45, 7) is -0.716. The van der Waals surface area contributed by atoms with Gasteiger partial charge >= 0.3 is 17.8 Å². The average Bonchev–Trinajstić information content (AvgIpc) is 3.35. The van der Waals surface area contributed by atoms with Crippen LogP contribution in [-0.2, 0) is 14.4 Å². The highest BCUT2D eigenvalue weighted by molar-refractivity contribution is 6.45. The molecule has 1 saturated heterocycles.